The van der Waals surface area contributed by atoms with E-state index in [1.165, 1.54) is 27.7 Å². The number of fused-ring (bicyclic) bond motifs is 3. The van der Waals surface area contributed by atoms with Gasteiger partial charge in [0.25, 0.3) is 5.91 Å². The quantitative estimate of drug-likeness (QED) is 0.236. The largest absolute Gasteiger partial charge is 0.368 e. The van der Waals surface area contributed by atoms with Crippen molar-refractivity contribution in [3.05, 3.63) is 70.0 Å². The average molecular weight is 634 g/mol. The number of benzene rings is 1. The third-order valence-corrected chi connectivity index (χ3v) is 9.57. The first kappa shape index (κ1) is 28.0. The molecular weight excluding hydrogens is 602 g/mol. The fourth-order valence-electron chi connectivity index (χ4n) is 6.26. The number of nitrogens with zero attached hydrogens (tertiary/aromatic N) is 5. The Balaban J connectivity index is 1.01. The normalized spacial score (nSPS) is 24.2. The maximum Gasteiger partial charge on any atom is 0.252 e. The second-order valence-electron chi connectivity index (χ2n) is 12.0. The first-order valence-corrected chi connectivity index (χ1v) is 16.1. The number of para-hydroxylation sites is 1. The van der Waals surface area contributed by atoms with Crippen molar-refractivity contribution in [2.45, 2.75) is 76.0 Å². The minimum atomic E-state index is -0.840. The number of carbonyl (C=O) groups excluding carboxylic acids is 1. The number of hydrogen-bond donors (Lipinski definition) is 2. The molecule has 8 rings (SSSR count). The number of amides is 1. The van der Waals surface area contributed by atoms with Crippen LogP contribution in [0.25, 0.3) is 22.1 Å². The van der Waals surface area contributed by atoms with Crippen molar-refractivity contribution in [1.82, 2.24) is 29.4 Å². The summed E-state index contributed by atoms with van der Waals surface area (Å²) in [6, 6.07) is 12.7. The van der Waals surface area contributed by atoms with E-state index in [2.05, 4.69) is 66.7 Å². The standard InChI is InChI=1S/C31H32ClN7O4S/c1-31(2)42-24-25(29(40)37-18-7-8-18)41-30(26(24)43-31)39-16-36-23-27(34-15-35-28(23)39)33-12-11-17-13-38(14-19-9-10-22(32)44-19)21-6-4-3-5-20(17)21/h3-6,9-10,13,15-16,18,24-26,30H,7-8,11-12,14H2,1-2H3,(H,37,40)(H,33,34,35)/t24-,25+,26-,30-/m1/s1. The van der Waals surface area contributed by atoms with Crippen molar-refractivity contribution >= 4 is 56.7 Å². The molecule has 0 unspecified atom stereocenters. The Morgan fingerprint density at radius 3 is 2.77 bits per heavy atom. The van der Waals surface area contributed by atoms with Crippen molar-refractivity contribution in [1.29, 1.82) is 0 Å². The van der Waals surface area contributed by atoms with Gasteiger partial charge in [0.05, 0.1) is 17.2 Å². The zero-order valence-electron chi connectivity index (χ0n) is 24.3. The number of halogens is 1. The predicted octanol–water partition coefficient (Wildman–Crippen LogP) is 4.89. The zero-order chi connectivity index (χ0) is 30.0. The van der Waals surface area contributed by atoms with Gasteiger partial charge in [0, 0.05) is 34.6 Å². The number of rotatable bonds is 9. The van der Waals surface area contributed by atoms with Gasteiger partial charge in [-0.3, -0.25) is 9.36 Å². The molecule has 2 aliphatic heterocycles. The molecule has 1 aliphatic carbocycles. The van der Waals surface area contributed by atoms with Crippen LogP contribution >= 0.6 is 22.9 Å². The zero-order valence-corrected chi connectivity index (χ0v) is 25.8. The number of anilines is 1. The molecule has 228 valence electrons. The van der Waals surface area contributed by atoms with Gasteiger partial charge in [-0.15, -0.1) is 11.3 Å². The molecule has 2 N–H and O–H groups in total. The third-order valence-electron chi connectivity index (χ3n) is 8.36. The molecule has 13 heteroatoms. The van der Waals surface area contributed by atoms with Gasteiger partial charge in [0.15, 0.2) is 35.1 Å². The van der Waals surface area contributed by atoms with Crippen LogP contribution < -0.4 is 10.6 Å². The van der Waals surface area contributed by atoms with Crippen LogP contribution in [-0.4, -0.2) is 66.7 Å². The first-order chi connectivity index (χ1) is 21.3. The van der Waals surface area contributed by atoms with Crippen LogP contribution in [0.1, 0.15) is 43.4 Å². The number of nitrogens with one attached hydrogen (secondary N) is 2. The monoisotopic (exact) mass is 633 g/mol. The van der Waals surface area contributed by atoms with Gasteiger partial charge >= 0.3 is 0 Å². The van der Waals surface area contributed by atoms with Crippen LogP contribution in [0.5, 0.6) is 0 Å². The number of thiophene rings is 1. The number of hydrogen-bond acceptors (Lipinski definition) is 9. The van der Waals surface area contributed by atoms with Crippen molar-refractivity contribution in [2.24, 2.45) is 0 Å². The molecular formula is C31H32ClN7O4S. The summed E-state index contributed by atoms with van der Waals surface area (Å²) in [5.41, 5.74) is 3.65. The van der Waals surface area contributed by atoms with E-state index in [0.717, 1.165) is 30.1 Å². The Bertz CT molecular complexity index is 1860. The van der Waals surface area contributed by atoms with Crippen LogP contribution in [0, 0.1) is 0 Å². The molecule has 4 aromatic heterocycles. The van der Waals surface area contributed by atoms with Gasteiger partial charge in [-0.2, -0.15) is 0 Å². The predicted molar refractivity (Wildman–Crippen MR) is 167 cm³/mol. The first-order valence-electron chi connectivity index (χ1n) is 14.9. The van der Waals surface area contributed by atoms with Crippen molar-refractivity contribution in [2.75, 3.05) is 11.9 Å². The Morgan fingerprint density at radius 1 is 1.11 bits per heavy atom. The summed E-state index contributed by atoms with van der Waals surface area (Å²) >= 11 is 7.78. The van der Waals surface area contributed by atoms with E-state index in [1.54, 1.807) is 17.7 Å². The SMILES string of the molecule is CC1(C)O[C@@H]2[C@H](O1)[C@@H](C(=O)NC1CC1)O[C@H]2n1cnc2c(NCCc3cn(Cc4ccc(Cl)s4)c4ccccc34)ncnc21. The van der Waals surface area contributed by atoms with Gasteiger partial charge in [-0.25, -0.2) is 15.0 Å². The highest BCUT2D eigenvalue weighted by molar-refractivity contribution is 7.16. The molecule has 44 heavy (non-hydrogen) atoms. The van der Waals surface area contributed by atoms with Crippen LogP contribution in [0.4, 0.5) is 5.82 Å². The van der Waals surface area contributed by atoms with Gasteiger partial charge in [0.1, 0.15) is 18.5 Å². The average Bonchev–Trinajstić information content (AvgIpc) is 3.32. The second-order valence-corrected chi connectivity index (χ2v) is 13.8. The van der Waals surface area contributed by atoms with E-state index < -0.39 is 30.3 Å². The fourth-order valence-corrected chi connectivity index (χ4v) is 7.35. The third kappa shape index (κ3) is 5.14. The highest BCUT2D eigenvalue weighted by Crippen LogP contribution is 2.44. The van der Waals surface area contributed by atoms with Crippen LogP contribution in [0.3, 0.4) is 0 Å². The Kier molecular flexibility index (Phi) is 6.87. The van der Waals surface area contributed by atoms with E-state index in [9.17, 15) is 4.79 Å². The molecule has 6 heterocycles. The second kappa shape index (κ2) is 10.8. The molecule has 0 spiro atoms. The molecule has 1 aromatic carbocycles. The van der Waals surface area contributed by atoms with Crippen molar-refractivity contribution < 1.29 is 19.0 Å². The van der Waals surface area contributed by atoms with Crippen molar-refractivity contribution in [3.63, 3.8) is 0 Å². The van der Waals surface area contributed by atoms with E-state index in [1.807, 2.05) is 24.5 Å². The van der Waals surface area contributed by atoms with Gasteiger partial charge in [-0.05, 0) is 56.9 Å². The maximum absolute atomic E-state index is 13.1. The Labute approximate surface area is 262 Å². The van der Waals surface area contributed by atoms with Gasteiger partial charge in [0.2, 0.25) is 0 Å². The highest BCUT2D eigenvalue weighted by Gasteiger charge is 2.58. The summed E-state index contributed by atoms with van der Waals surface area (Å²) in [7, 11) is 0. The lowest BCUT2D eigenvalue weighted by atomic mass is 10.1. The Morgan fingerprint density at radius 2 is 1.95 bits per heavy atom. The van der Waals surface area contributed by atoms with Gasteiger partial charge < -0.3 is 29.4 Å². The summed E-state index contributed by atoms with van der Waals surface area (Å²) < 4.78 is 23.6. The van der Waals surface area contributed by atoms with Crippen molar-refractivity contribution in [3.8, 4) is 0 Å². The topological polar surface area (TPSA) is 117 Å². The number of carbonyl (C=O) groups is 1. The molecule has 2 saturated heterocycles. The lowest BCUT2D eigenvalue weighted by molar-refractivity contribution is -0.197. The van der Waals surface area contributed by atoms with Crippen LogP contribution in [0.15, 0.2) is 55.2 Å². The molecule has 1 saturated carbocycles. The summed E-state index contributed by atoms with van der Waals surface area (Å²) in [6.45, 7) is 5.12. The number of imidazole rings is 1. The minimum Gasteiger partial charge on any atom is -0.368 e. The summed E-state index contributed by atoms with van der Waals surface area (Å²) in [6.07, 6.45) is 5.73. The van der Waals surface area contributed by atoms with Crippen LogP contribution in [-0.2, 0) is 32.0 Å². The lowest BCUT2D eigenvalue weighted by Gasteiger charge is -2.24. The number of aromatic nitrogens is 5. The summed E-state index contributed by atoms with van der Waals surface area (Å²) in [5, 5.41) is 7.74. The maximum atomic E-state index is 13.1. The molecule has 5 aromatic rings. The Hall–Kier alpha value is -3.55. The highest BCUT2D eigenvalue weighted by atomic mass is 35.5. The van der Waals surface area contributed by atoms with E-state index in [-0.39, 0.29) is 11.9 Å². The summed E-state index contributed by atoms with van der Waals surface area (Å²) in [4.78, 5) is 28.0. The molecule has 1 amide bonds. The molecule has 11 nitrogen and oxygen atoms in total. The van der Waals surface area contributed by atoms with Gasteiger partial charge in [-0.1, -0.05) is 29.8 Å². The molecule has 0 radical (unpaired) electrons. The molecule has 3 fully saturated rings. The fraction of sp³-hybridized carbons (Fsp3) is 0.419. The minimum absolute atomic E-state index is 0.173. The molecule has 4 atom stereocenters. The van der Waals surface area contributed by atoms with E-state index in [0.29, 0.717) is 23.5 Å². The number of ether oxygens (including phenoxy) is 3. The van der Waals surface area contributed by atoms with E-state index >= 15 is 0 Å². The molecule has 3 aliphatic rings. The van der Waals surface area contributed by atoms with Crippen LogP contribution in [0.2, 0.25) is 4.34 Å². The molecule has 0 bridgehead atoms. The smallest absolute Gasteiger partial charge is 0.252 e. The van der Waals surface area contributed by atoms with E-state index in [4.69, 9.17) is 25.8 Å². The summed E-state index contributed by atoms with van der Waals surface area (Å²) in [5.74, 6) is -0.381. The lowest BCUT2D eigenvalue weighted by Crippen LogP contribution is -2.43.